The number of rotatable bonds is 7. The summed E-state index contributed by atoms with van der Waals surface area (Å²) in [7, 11) is 0. The molecular formula is C20H28N4O3. The summed E-state index contributed by atoms with van der Waals surface area (Å²) < 4.78 is 1.35. The van der Waals surface area contributed by atoms with Crippen molar-refractivity contribution in [2.45, 2.75) is 59.0 Å². The van der Waals surface area contributed by atoms with Gasteiger partial charge in [0.1, 0.15) is 0 Å². The van der Waals surface area contributed by atoms with Gasteiger partial charge < -0.3 is 10.6 Å². The average Bonchev–Trinajstić information content (AvgIpc) is 2.60. The number of nitrogens with one attached hydrogen (secondary N) is 2. The average molecular weight is 372 g/mol. The molecule has 0 aliphatic heterocycles. The highest BCUT2D eigenvalue weighted by atomic mass is 16.2. The van der Waals surface area contributed by atoms with Crippen molar-refractivity contribution >= 4 is 22.6 Å². The van der Waals surface area contributed by atoms with Gasteiger partial charge in [0.15, 0.2) is 5.69 Å². The Morgan fingerprint density at radius 3 is 2.41 bits per heavy atom. The molecule has 146 valence electrons. The molecule has 0 fully saturated rings. The third kappa shape index (κ3) is 5.64. The molecule has 1 aromatic heterocycles. The van der Waals surface area contributed by atoms with Crippen LogP contribution in [0, 0.1) is 0 Å². The molecule has 0 saturated heterocycles. The van der Waals surface area contributed by atoms with Crippen LogP contribution < -0.4 is 16.2 Å². The number of benzene rings is 1. The maximum Gasteiger partial charge on any atom is 0.274 e. The van der Waals surface area contributed by atoms with Gasteiger partial charge in [-0.2, -0.15) is 5.10 Å². The van der Waals surface area contributed by atoms with Gasteiger partial charge in [-0.25, -0.2) is 4.68 Å². The first-order valence-corrected chi connectivity index (χ1v) is 9.32. The van der Waals surface area contributed by atoms with Crippen molar-refractivity contribution in [1.29, 1.82) is 0 Å². The van der Waals surface area contributed by atoms with Gasteiger partial charge in [0, 0.05) is 17.5 Å². The summed E-state index contributed by atoms with van der Waals surface area (Å²) in [5.41, 5.74) is -0.423. The van der Waals surface area contributed by atoms with E-state index in [-0.39, 0.29) is 29.2 Å². The summed E-state index contributed by atoms with van der Waals surface area (Å²) in [6.45, 7) is 8.00. The highest BCUT2D eigenvalue weighted by Gasteiger charge is 2.18. The van der Waals surface area contributed by atoms with E-state index in [1.165, 1.54) is 4.68 Å². The smallest absolute Gasteiger partial charge is 0.274 e. The standard InChI is InChI=1S/C20H28N4O3/c1-5-6-9-12-24-19(27)15-11-8-7-10-14(15)17(23-24)18(26)21-13-16(25)22-20(2,3)4/h7-8,10-11H,5-6,9,12-13H2,1-4H3,(H,21,26)(H,22,25). The lowest BCUT2D eigenvalue weighted by Gasteiger charge is -2.20. The largest absolute Gasteiger partial charge is 0.350 e. The maximum atomic E-state index is 12.7. The molecule has 2 aromatic rings. The van der Waals surface area contributed by atoms with E-state index in [1.54, 1.807) is 24.3 Å². The Bertz CT molecular complexity index is 881. The molecule has 0 aliphatic rings. The summed E-state index contributed by atoms with van der Waals surface area (Å²) in [6, 6.07) is 6.91. The summed E-state index contributed by atoms with van der Waals surface area (Å²) >= 11 is 0. The van der Waals surface area contributed by atoms with Gasteiger partial charge >= 0.3 is 0 Å². The van der Waals surface area contributed by atoms with Crippen LogP contribution in [-0.4, -0.2) is 33.7 Å². The number of carbonyl (C=O) groups is 2. The maximum absolute atomic E-state index is 12.7. The van der Waals surface area contributed by atoms with E-state index in [2.05, 4.69) is 22.7 Å². The van der Waals surface area contributed by atoms with Gasteiger partial charge in [0.2, 0.25) is 5.91 Å². The topological polar surface area (TPSA) is 93.1 Å². The quantitative estimate of drug-likeness (QED) is 0.729. The Balaban J connectivity index is 2.27. The first kappa shape index (κ1) is 20.6. The minimum absolute atomic E-state index is 0.152. The highest BCUT2D eigenvalue weighted by molar-refractivity contribution is 6.05. The van der Waals surface area contributed by atoms with Gasteiger partial charge in [-0.3, -0.25) is 14.4 Å². The van der Waals surface area contributed by atoms with Crippen LogP contribution in [0.1, 0.15) is 57.4 Å². The van der Waals surface area contributed by atoms with Crippen molar-refractivity contribution < 1.29 is 9.59 Å². The number of carbonyl (C=O) groups excluding carboxylic acids is 2. The SMILES string of the molecule is CCCCCn1nc(C(=O)NCC(=O)NC(C)(C)C)c2ccccc2c1=O. The lowest BCUT2D eigenvalue weighted by atomic mass is 10.1. The Morgan fingerprint density at radius 1 is 1.11 bits per heavy atom. The van der Waals surface area contributed by atoms with E-state index < -0.39 is 5.91 Å². The van der Waals surface area contributed by atoms with Crippen LogP contribution in [0.2, 0.25) is 0 Å². The molecule has 2 amide bonds. The molecule has 0 spiro atoms. The molecule has 2 N–H and O–H groups in total. The van der Waals surface area contributed by atoms with E-state index in [1.807, 2.05) is 20.8 Å². The number of unbranched alkanes of at least 4 members (excludes halogenated alkanes) is 2. The molecule has 0 saturated carbocycles. The summed E-state index contributed by atoms with van der Waals surface area (Å²) in [5, 5.41) is 10.6. The second kappa shape index (κ2) is 8.79. The fraction of sp³-hybridized carbons (Fsp3) is 0.500. The zero-order valence-corrected chi connectivity index (χ0v) is 16.5. The predicted molar refractivity (Wildman–Crippen MR) is 106 cm³/mol. The van der Waals surface area contributed by atoms with Gasteiger partial charge in [0.25, 0.3) is 11.5 Å². The molecule has 1 heterocycles. The fourth-order valence-corrected chi connectivity index (χ4v) is 2.77. The van der Waals surface area contributed by atoms with Gasteiger partial charge in [-0.15, -0.1) is 0 Å². The van der Waals surface area contributed by atoms with E-state index in [9.17, 15) is 14.4 Å². The van der Waals surface area contributed by atoms with Crippen molar-refractivity contribution in [2.75, 3.05) is 6.54 Å². The molecule has 27 heavy (non-hydrogen) atoms. The first-order valence-electron chi connectivity index (χ1n) is 9.32. The summed E-state index contributed by atoms with van der Waals surface area (Å²) in [4.78, 5) is 37.2. The third-order valence-corrected chi connectivity index (χ3v) is 3.98. The monoisotopic (exact) mass is 372 g/mol. The Morgan fingerprint density at radius 2 is 1.78 bits per heavy atom. The molecule has 0 radical (unpaired) electrons. The van der Waals surface area contributed by atoms with Crippen LogP contribution in [0.4, 0.5) is 0 Å². The molecule has 2 rings (SSSR count). The van der Waals surface area contributed by atoms with E-state index in [0.717, 1.165) is 19.3 Å². The summed E-state index contributed by atoms with van der Waals surface area (Å²) in [5.74, 6) is -0.754. The Kier molecular flexibility index (Phi) is 6.71. The molecule has 0 bridgehead atoms. The van der Waals surface area contributed by atoms with Crippen LogP contribution in [0.5, 0.6) is 0 Å². The van der Waals surface area contributed by atoms with Crippen LogP contribution in [0.25, 0.3) is 10.8 Å². The zero-order valence-electron chi connectivity index (χ0n) is 16.5. The van der Waals surface area contributed by atoms with Crippen LogP contribution in [-0.2, 0) is 11.3 Å². The Labute approximate surface area is 159 Å². The molecule has 7 nitrogen and oxygen atoms in total. The third-order valence-electron chi connectivity index (χ3n) is 3.98. The van der Waals surface area contributed by atoms with Crippen molar-refractivity contribution in [1.82, 2.24) is 20.4 Å². The van der Waals surface area contributed by atoms with Crippen LogP contribution in [0.3, 0.4) is 0 Å². The predicted octanol–water partition coefficient (Wildman–Crippen LogP) is 2.23. The molecule has 7 heteroatoms. The number of hydrogen-bond donors (Lipinski definition) is 2. The van der Waals surface area contributed by atoms with E-state index in [4.69, 9.17) is 0 Å². The number of nitrogens with zero attached hydrogens (tertiary/aromatic N) is 2. The molecular weight excluding hydrogens is 344 g/mol. The minimum Gasteiger partial charge on any atom is -0.350 e. The molecule has 0 unspecified atom stereocenters. The Hall–Kier alpha value is -2.70. The second-order valence-electron chi connectivity index (χ2n) is 7.61. The van der Waals surface area contributed by atoms with Crippen molar-refractivity contribution in [3.63, 3.8) is 0 Å². The van der Waals surface area contributed by atoms with E-state index in [0.29, 0.717) is 17.3 Å². The number of aryl methyl sites for hydroxylation is 1. The van der Waals surface area contributed by atoms with Crippen molar-refractivity contribution in [3.8, 4) is 0 Å². The lowest BCUT2D eigenvalue weighted by Crippen LogP contribution is -2.46. The van der Waals surface area contributed by atoms with Crippen LogP contribution in [0.15, 0.2) is 29.1 Å². The number of amides is 2. The first-order chi connectivity index (χ1) is 12.7. The second-order valence-corrected chi connectivity index (χ2v) is 7.61. The number of hydrogen-bond acceptors (Lipinski definition) is 4. The zero-order chi connectivity index (χ0) is 20.0. The van der Waals surface area contributed by atoms with Crippen molar-refractivity contribution in [3.05, 3.63) is 40.3 Å². The molecule has 1 aromatic carbocycles. The number of aromatic nitrogens is 2. The normalized spacial score (nSPS) is 11.4. The lowest BCUT2D eigenvalue weighted by molar-refractivity contribution is -0.121. The van der Waals surface area contributed by atoms with Gasteiger partial charge in [-0.05, 0) is 33.3 Å². The fourth-order valence-electron chi connectivity index (χ4n) is 2.77. The van der Waals surface area contributed by atoms with Crippen LogP contribution >= 0.6 is 0 Å². The van der Waals surface area contributed by atoms with Crippen molar-refractivity contribution in [2.24, 2.45) is 0 Å². The number of fused-ring (bicyclic) bond motifs is 1. The van der Waals surface area contributed by atoms with Gasteiger partial charge in [-0.1, -0.05) is 38.0 Å². The minimum atomic E-state index is -0.473. The molecule has 0 atom stereocenters. The highest BCUT2D eigenvalue weighted by Crippen LogP contribution is 2.13. The van der Waals surface area contributed by atoms with Gasteiger partial charge in [0.05, 0.1) is 11.9 Å². The van der Waals surface area contributed by atoms with E-state index >= 15 is 0 Å². The summed E-state index contributed by atoms with van der Waals surface area (Å²) in [6.07, 6.45) is 2.82. The molecule has 0 aliphatic carbocycles.